The normalized spacial score (nSPS) is 10.0. The first-order chi connectivity index (χ1) is 6.84. The number of anilines is 1. The van der Waals surface area contributed by atoms with Crippen molar-refractivity contribution in [2.45, 2.75) is 6.61 Å². The van der Waals surface area contributed by atoms with Gasteiger partial charge in [-0.15, -0.1) is 0 Å². The summed E-state index contributed by atoms with van der Waals surface area (Å²) in [7, 11) is 0. The molecule has 0 aliphatic heterocycles. The van der Waals surface area contributed by atoms with Crippen LogP contribution in [0.15, 0.2) is 35.1 Å². The number of nitrogens with two attached hydrogens (primary N) is 1. The molecule has 0 unspecified atom stereocenters. The van der Waals surface area contributed by atoms with Gasteiger partial charge in [0.25, 0.3) is 5.89 Å². The van der Waals surface area contributed by atoms with Crippen molar-refractivity contribution in [1.82, 2.24) is 10.1 Å². The van der Waals surface area contributed by atoms with E-state index >= 15 is 0 Å². The molecule has 0 saturated carbocycles. The van der Waals surface area contributed by atoms with Crippen molar-refractivity contribution >= 4 is 5.69 Å². The second-order valence-corrected chi connectivity index (χ2v) is 2.70. The summed E-state index contributed by atoms with van der Waals surface area (Å²) in [6, 6.07) is 7.15. The van der Waals surface area contributed by atoms with Crippen molar-refractivity contribution in [1.29, 1.82) is 0 Å². The number of hydrogen-bond donors (Lipinski definition) is 1. The van der Waals surface area contributed by atoms with Crippen molar-refractivity contribution in [3.63, 3.8) is 0 Å². The Morgan fingerprint density at radius 3 is 3.07 bits per heavy atom. The minimum atomic E-state index is 0.253. The maximum absolute atomic E-state index is 5.58. The molecule has 2 N–H and O–H groups in total. The Morgan fingerprint density at radius 1 is 1.43 bits per heavy atom. The van der Waals surface area contributed by atoms with E-state index in [1.165, 1.54) is 6.33 Å². The summed E-state index contributed by atoms with van der Waals surface area (Å²) in [5.74, 6) is 1.12. The Labute approximate surface area is 80.5 Å². The molecule has 5 heteroatoms. The SMILES string of the molecule is Nc1cccc(OCc2ncno2)c1. The molecule has 14 heavy (non-hydrogen) atoms. The third kappa shape index (κ3) is 2.01. The monoisotopic (exact) mass is 191 g/mol. The molecule has 1 aromatic heterocycles. The molecule has 0 aliphatic carbocycles. The van der Waals surface area contributed by atoms with Crippen LogP contribution in [0.3, 0.4) is 0 Å². The number of benzene rings is 1. The molecule has 0 radical (unpaired) electrons. The van der Waals surface area contributed by atoms with Crippen LogP contribution >= 0.6 is 0 Å². The first-order valence-electron chi connectivity index (χ1n) is 4.08. The zero-order valence-electron chi connectivity index (χ0n) is 7.38. The third-order valence-corrected chi connectivity index (χ3v) is 1.63. The van der Waals surface area contributed by atoms with Gasteiger partial charge in [-0.2, -0.15) is 4.98 Å². The van der Waals surface area contributed by atoms with Crippen LogP contribution in [0.25, 0.3) is 0 Å². The molecule has 72 valence electrons. The molecule has 0 saturated heterocycles. The van der Waals surface area contributed by atoms with E-state index in [1.54, 1.807) is 12.1 Å². The van der Waals surface area contributed by atoms with E-state index in [0.29, 0.717) is 17.3 Å². The fourth-order valence-corrected chi connectivity index (χ4v) is 1.01. The first kappa shape index (κ1) is 8.55. The predicted molar refractivity (Wildman–Crippen MR) is 49.5 cm³/mol. The van der Waals surface area contributed by atoms with Crippen molar-refractivity contribution < 1.29 is 9.26 Å². The van der Waals surface area contributed by atoms with Crippen LogP contribution in [0, 0.1) is 0 Å². The number of rotatable bonds is 3. The van der Waals surface area contributed by atoms with Crippen LogP contribution in [-0.2, 0) is 6.61 Å². The van der Waals surface area contributed by atoms with Gasteiger partial charge in [-0.05, 0) is 12.1 Å². The van der Waals surface area contributed by atoms with Gasteiger partial charge >= 0.3 is 0 Å². The average molecular weight is 191 g/mol. The van der Waals surface area contributed by atoms with E-state index in [0.717, 1.165) is 0 Å². The summed E-state index contributed by atoms with van der Waals surface area (Å²) in [6.45, 7) is 0.253. The largest absolute Gasteiger partial charge is 0.484 e. The van der Waals surface area contributed by atoms with Gasteiger partial charge in [0, 0.05) is 11.8 Å². The minimum Gasteiger partial charge on any atom is -0.484 e. The summed E-state index contributed by atoms with van der Waals surface area (Å²) < 4.78 is 10.1. The van der Waals surface area contributed by atoms with Gasteiger partial charge in [-0.25, -0.2) is 0 Å². The van der Waals surface area contributed by atoms with Crippen LogP contribution < -0.4 is 10.5 Å². The number of hydrogen-bond acceptors (Lipinski definition) is 5. The van der Waals surface area contributed by atoms with E-state index in [9.17, 15) is 0 Å². The maximum atomic E-state index is 5.58. The molecule has 0 atom stereocenters. The van der Waals surface area contributed by atoms with Crippen molar-refractivity contribution in [3.05, 3.63) is 36.5 Å². The minimum absolute atomic E-state index is 0.253. The molecule has 2 rings (SSSR count). The van der Waals surface area contributed by atoms with E-state index in [1.807, 2.05) is 12.1 Å². The highest BCUT2D eigenvalue weighted by Crippen LogP contribution is 2.15. The van der Waals surface area contributed by atoms with Crippen molar-refractivity contribution in [2.75, 3.05) is 5.73 Å². The third-order valence-electron chi connectivity index (χ3n) is 1.63. The van der Waals surface area contributed by atoms with Gasteiger partial charge in [0.1, 0.15) is 5.75 Å². The van der Waals surface area contributed by atoms with Crippen molar-refractivity contribution in [3.8, 4) is 5.75 Å². The number of nitrogens with zero attached hydrogens (tertiary/aromatic N) is 2. The van der Waals surface area contributed by atoms with Gasteiger partial charge in [0.05, 0.1) is 0 Å². The van der Waals surface area contributed by atoms with Crippen LogP contribution in [0.2, 0.25) is 0 Å². The lowest BCUT2D eigenvalue weighted by atomic mass is 10.3. The lowest BCUT2D eigenvalue weighted by Gasteiger charge is -2.02. The predicted octanol–water partition coefficient (Wildman–Crippen LogP) is 1.23. The number of nitrogen functional groups attached to an aromatic ring is 1. The van der Waals surface area contributed by atoms with Crippen LogP contribution in [0.5, 0.6) is 5.75 Å². The van der Waals surface area contributed by atoms with E-state index in [4.69, 9.17) is 15.0 Å². The van der Waals surface area contributed by atoms with Crippen LogP contribution in [-0.4, -0.2) is 10.1 Å². The highest BCUT2D eigenvalue weighted by molar-refractivity contribution is 5.43. The van der Waals surface area contributed by atoms with E-state index in [-0.39, 0.29) is 6.61 Å². The highest BCUT2D eigenvalue weighted by atomic mass is 16.5. The van der Waals surface area contributed by atoms with Gasteiger partial charge in [-0.1, -0.05) is 11.2 Å². The number of aromatic nitrogens is 2. The van der Waals surface area contributed by atoms with Gasteiger partial charge in [-0.3, -0.25) is 0 Å². The molecule has 2 aromatic rings. The molecule has 0 amide bonds. The lowest BCUT2D eigenvalue weighted by molar-refractivity contribution is 0.243. The second-order valence-electron chi connectivity index (χ2n) is 2.70. The molecule has 0 bridgehead atoms. The highest BCUT2D eigenvalue weighted by Gasteiger charge is 2.00. The van der Waals surface area contributed by atoms with Crippen LogP contribution in [0.1, 0.15) is 5.89 Å². The van der Waals surface area contributed by atoms with Gasteiger partial charge in [0.15, 0.2) is 12.9 Å². The molecule has 0 aliphatic rings. The Bertz CT molecular complexity index is 400. The first-order valence-corrected chi connectivity index (χ1v) is 4.08. The summed E-state index contributed by atoms with van der Waals surface area (Å²) in [5, 5.41) is 3.46. The maximum Gasteiger partial charge on any atom is 0.264 e. The molecular formula is C9H9N3O2. The number of ether oxygens (including phenoxy) is 1. The fourth-order valence-electron chi connectivity index (χ4n) is 1.01. The Balaban J connectivity index is 1.98. The summed E-state index contributed by atoms with van der Waals surface area (Å²) in [5.41, 5.74) is 6.24. The lowest BCUT2D eigenvalue weighted by Crippen LogP contribution is -1.96. The fraction of sp³-hybridized carbons (Fsp3) is 0.111. The summed E-state index contributed by atoms with van der Waals surface area (Å²) in [4.78, 5) is 3.82. The molecule has 0 spiro atoms. The van der Waals surface area contributed by atoms with Gasteiger partial charge in [0.2, 0.25) is 0 Å². The second kappa shape index (κ2) is 3.78. The van der Waals surface area contributed by atoms with Crippen molar-refractivity contribution in [2.24, 2.45) is 0 Å². The molecular weight excluding hydrogens is 182 g/mol. The quantitative estimate of drug-likeness (QED) is 0.738. The summed E-state index contributed by atoms with van der Waals surface area (Å²) >= 11 is 0. The molecule has 1 heterocycles. The average Bonchev–Trinajstić information content (AvgIpc) is 2.67. The molecule has 0 fully saturated rings. The smallest absolute Gasteiger partial charge is 0.264 e. The zero-order chi connectivity index (χ0) is 9.80. The Hall–Kier alpha value is -2.04. The van der Waals surface area contributed by atoms with E-state index in [2.05, 4.69) is 10.1 Å². The standard InChI is InChI=1S/C9H9N3O2/c10-7-2-1-3-8(4-7)13-5-9-11-6-12-14-9/h1-4,6H,5,10H2. The van der Waals surface area contributed by atoms with E-state index < -0.39 is 0 Å². The molecule has 1 aromatic carbocycles. The Morgan fingerprint density at radius 2 is 2.36 bits per heavy atom. The van der Waals surface area contributed by atoms with Gasteiger partial charge < -0.3 is 15.0 Å². The van der Waals surface area contributed by atoms with Crippen LogP contribution in [0.4, 0.5) is 5.69 Å². The topological polar surface area (TPSA) is 74.2 Å². The Kier molecular flexibility index (Phi) is 2.31. The summed E-state index contributed by atoms with van der Waals surface area (Å²) in [6.07, 6.45) is 1.33. The zero-order valence-corrected chi connectivity index (χ0v) is 7.38. The molecule has 5 nitrogen and oxygen atoms in total.